The second kappa shape index (κ2) is 10.1. The molecule has 2 fully saturated rings. The standard InChI is InChI=1S/C18H31N5OS.HI/c1-18(2)15-21(12-13-24-18)7-6-20-17(19-3)23-10-8-22(9-11-23)16-5-4-14-25-16;/h4-5,14H,6-13,15H2,1-3H3,(H,19,20);1H. The smallest absolute Gasteiger partial charge is 0.193 e. The van der Waals surface area contributed by atoms with Crippen LogP contribution < -0.4 is 10.2 Å². The van der Waals surface area contributed by atoms with Gasteiger partial charge < -0.3 is 19.9 Å². The van der Waals surface area contributed by atoms with Gasteiger partial charge in [-0.05, 0) is 31.4 Å². The Kier molecular flexibility index (Phi) is 8.43. The molecule has 2 aliphatic rings. The highest BCUT2D eigenvalue weighted by Crippen LogP contribution is 2.22. The lowest BCUT2D eigenvalue weighted by atomic mass is 10.1. The van der Waals surface area contributed by atoms with E-state index < -0.39 is 0 Å². The van der Waals surface area contributed by atoms with Gasteiger partial charge in [-0.15, -0.1) is 35.3 Å². The molecule has 2 saturated heterocycles. The normalized spacial score (nSPS) is 21.4. The minimum atomic E-state index is -0.0297. The average molecular weight is 493 g/mol. The fraction of sp³-hybridized carbons (Fsp3) is 0.722. The number of nitrogens with zero attached hydrogens (tertiary/aromatic N) is 4. The van der Waals surface area contributed by atoms with Crippen LogP contribution in [0.4, 0.5) is 5.00 Å². The minimum Gasteiger partial charge on any atom is -0.373 e. The van der Waals surface area contributed by atoms with E-state index in [1.165, 1.54) is 5.00 Å². The van der Waals surface area contributed by atoms with E-state index in [0.717, 1.165) is 64.9 Å². The lowest BCUT2D eigenvalue weighted by molar-refractivity contribution is -0.0852. The van der Waals surface area contributed by atoms with Crippen molar-refractivity contribution in [3.63, 3.8) is 0 Å². The third kappa shape index (κ3) is 5.97. The number of hydrogen-bond donors (Lipinski definition) is 1. The Hall–Kier alpha value is -0.580. The van der Waals surface area contributed by atoms with Crippen LogP contribution in [0.1, 0.15) is 13.8 Å². The summed E-state index contributed by atoms with van der Waals surface area (Å²) in [6.45, 7) is 13.3. The Morgan fingerprint density at radius 1 is 1.27 bits per heavy atom. The fourth-order valence-electron chi connectivity index (χ4n) is 3.55. The van der Waals surface area contributed by atoms with Crippen molar-refractivity contribution < 1.29 is 4.74 Å². The molecule has 6 nitrogen and oxygen atoms in total. The van der Waals surface area contributed by atoms with Gasteiger partial charge >= 0.3 is 0 Å². The lowest BCUT2D eigenvalue weighted by Crippen LogP contribution is -2.54. The molecule has 0 aromatic carbocycles. The first kappa shape index (κ1) is 21.7. The maximum absolute atomic E-state index is 5.78. The Labute approximate surface area is 178 Å². The first-order valence-corrected chi connectivity index (χ1v) is 10.1. The SMILES string of the molecule is CN=C(NCCN1CCOC(C)(C)C1)N1CCN(c2cccs2)CC1.I. The molecule has 0 aliphatic carbocycles. The summed E-state index contributed by atoms with van der Waals surface area (Å²) in [5.41, 5.74) is -0.0297. The summed E-state index contributed by atoms with van der Waals surface area (Å²) >= 11 is 1.82. The van der Waals surface area contributed by atoms with Crippen molar-refractivity contribution in [3.05, 3.63) is 17.5 Å². The summed E-state index contributed by atoms with van der Waals surface area (Å²) < 4.78 is 5.78. The van der Waals surface area contributed by atoms with Crippen molar-refractivity contribution in [2.75, 3.05) is 70.9 Å². The molecule has 0 spiro atoms. The zero-order valence-corrected chi connectivity index (χ0v) is 19.3. The molecule has 3 heterocycles. The quantitative estimate of drug-likeness (QED) is 0.396. The number of halogens is 1. The molecule has 0 amide bonds. The van der Waals surface area contributed by atoms with Gasteiger partial charge in [0, 0.05) is 59.4 Å². The highest BCUT2D eigenvalue weighted by atomic mass is 127. The number of rotatable bonds is 4. The molecule has 3 rings (SSSR count). The maximum atomic E-state index is 5.78. The van der Waals surface area contributed by atoms with Gasteiger partial charge in [0.05, 0.1) is 17.2 Å². The molecule has 0 radical (unpaired) electrons. The average Bonchev–Trinajstić information content (AvgIpc) is 3.13. The van der Waals surface area contributed by atoms with Crippen molar-refractivity contribution >= 4 is 46.3 Å². The Morgan fingerprint density at radius 3 is 2.65 bits per heavy atom. The van der Waals surface area contributed by atoms with Gasteiger partial charge in [0.1, 0.15) is 0 Å². The minimum absolute atomic E-state index is 0. The summed E-state index contributed by atoms with van der Waals surface area (Å²) in [6, 6.07) is 4.33. The molecular weight excluding hydrogens is 461 g/mol. The summed E-state index contributed by atoms with van der Waals surface area (Å²) in [7, 11) is 1.88. The molecule has 0 unspecified atom stereocenters. The van der Waals surface area contributed by atoms with Gasteiger partial charge in [-0.25, -0.2) is 0 Å². The Bertz CT molecular complexity index is 558. The van der Waals surface area contributed by atoms with Crippen LogP contribution in [-0.2, 0) is 4.74 Å². The summed E-state index contributed by atoms with van der Waals surface area (Å²) in [5.74, 6) is 1.03. The van der Waals surface area contributed by atoms with Crippen LogP contribution in [0.3, 0.4) is 0 Å². The van der Waals surface area contributed by atoms with E-state index in [9.17, 15) is 0 Å². The number of aliphatic imine (C=N–C) groups is 1. The van der Waals surface area contributed by atoms with Crippen LogP contribution in [-0.4, -0.2) is 87.4 Å². The molecular formula is C18H32IN5OS. The van der Waals surface area contributed by atoms with Crippen LogP contribution >= 0.6 is 35.3 Å². The number of hydrogen-bond acceptors (Lipinski definition) is 5. The third-order valence-electron chi connectivity index (χ3n) is 4.82. The van der Waals surface area contributed by atoms with Crippen LogP contribution in [0, 0.1) is 0 Å². The van der Waals surface area contributed by atoms with E-state index in [1.807, 2.05) is 18.4 Å². The van der Waals surface area contributed by atoms with Gasteiger partial charge in [0.25, 0.3) is 0 Å². The van der Waals surface area contributed by atoms with E-state index in [-0.39, 0.29) is 29.6 Å². The number of piperazine rings is 1. The third-order valence-corrected chi connectivity index (χ3v) is 5.75. The lowest BCUT2D eigenvalue weighted by Gasteiger charge is -2.39. The molecule has 2 aliphatic heterocycles. The van der Waals surface area contributed by atoms with E-state index in [0.29, 0.717) is 0 Å². The van der Waals surface area contributed by atoms with Crippen molar-refractivity contribution in [2.24, 2.45) is 4.99 Å². The number of thiophene rings is 1. The molecule has 1 aromatic rings. The number of anilines is 1. The zero-order valence-electron chi connectivity index (χ0n) is 16.1. The topological polar surface area (TPSA) is 43.3 Å². The van der Waals surface area contributed by atoms with Crippen LogP contribution in [0.15, 0.2) is 22.5 Å². The summed E-state index contributed by atoms with van der Waals surface area (Å²) in [4.78, 5) is 11.8. The first-order valence-electron chi connectivity index (χ1n) is 9.18. The van der Waals surface area contributed by atoms with Gasteiger partial charge in [-0.1, -0.05) is 0 Å². The maximum Gasteiger partial charge on any atom is 0.193 e. The van der Waals surface area contributed by atoms with Crippen molar-refractivity contribution in [3.8, 4) is 0 Å². The van der Waals surface area contributed by atoms with Crippen LogP contribution in [0.2, 0.25) is 0 Å². The predicted octanol–water partition coefficient (Wildman–Crippen LogP) is 2.17. The van der Waals surface area contributed by atoms with Crippen molar-refractivity contribution in [1.82, 2.24) is 15.1 Å². The van der Waals surface area contributed by atoms with Crippen molar-refractivity contribution in [2.45, 2.75) is 19.4 Å². The fourth-order valence-corrected chi connectivity index (χ4v) is 4.34. The highest BCUT2D eigenvalue weighted by Gasteiger charge is 2.27. The molecule has 26 heavy (non-hydrogen) atoms. The highest BCUT2D eigenvalue weighted by molar-refractivity contribution is 14.0. The monoisotopic (exact) mass is 493 g/mol. The van der Waals surface area contributed by atoms with Gasteiger partial charge in [0.15, 0.2) is 5.96 Å². The number of morpholine rings is 1. The van der Waals surface area contributed by atoms with Crippen LogP contribution in [0.5, 0.6) is 0 Å². The molecule has 0 atom stereocenters. The van der Waals surface area contributed by atoms with Crippen LogP contribution in [0.25, 0.3) is 0 Å². The van der Waals surface area contributed by atoms with Gasteiger partial charge in [0.2, 0.25) is 0 Å². The predicted molar refractivity (Wildman–Crippen MR) is 121 cm³/mol. The van der Waals surface area contributed by atoms with E-state index in [2.05, 4.69) is 56.4 Å². The molecule has 1 N–H and O–H groups in total. The molecule has 0 saturated carbocycles. The van der Waals surface area contributed by atoms with Gasteiger partial charge in [-0.2, -0.15) is 0 Å². The molecule has 148 valence electrons. The van der Waals surface area contributed by atoms with E-state index in [1.54, 1.807) is 0 Å². The second-order valence-corrected chi connectivity index (χ2v) is 8.21. The van der Waals surface area contributed by atoms with Crippen molar-refractivity contribution in [1.29, 1.82) is 0 Å². The summed E-state index contributed by atoms with van der Waals surface area (Å²) in [5, 5.41) is 7.06. The molecule has 0 bridgehead atoms. The molecule has 1 aromatic heterocycles. The van der Waals surface area contributed by atoms with E-state index >= 15 is 0 Å². The summed E-state index contributed by atoms with van der Waals surface area (Å²) in [6.07, 6.45) is 0. The van der Waals surface area contributed by atoms with E-state index in [4.69, 9.17) is 4.74 Å². The Balaban J connectivity index is 0.00000243. The number of nitrogens with one attached hydrogen (secondary N) is 1. The first-order chi connectivity index (χ1) is 12.1. The molecule has 8 heteroatoms. The largest absolute Gasteiger partial charge is 0.373 e. The second-order valence-electron chi connectivity index (χ2n) is 7.28. The number of guanidine groups is 1. The Morgan fingerprint density at radius 2 is 2.04 bits per heavy atom. The van der Waals surface area contributed by atoms with Gasteiger partial charge in [-0.3, -0.25) is 9.89 Å². The number of ether oxygens (including phenoxy) is 1. The zero-order chi connectivity index (χ0) is 17.7.